The zero-order valence-electron chi connectivity index (χ0n) is 12.1. The van der Waals surface area contributed by atoms with Crippen molar-refractivity contribution in [3.8, 4) is 0 Å². The van der Waals surface area contributed by atoms with Crippen LogP contribution in [0.3, 0.4) is 0 Å². The van der Waals surface area contributed by atoms with Gasteiger partial charge >= 0.3 is 0 Å². The van der Waals surface area contributed by atoms with Crippen molar-refractivity contribution in [3.63, 3.8) is 0 Å². The molecule has 1 aliphatic carbocycles. The van der Waals surface area contributed by atoms with E-state index in [2.05, 4.69) is 6.07 Å². The number of anilines is 1. The van der Waals surface area contributed by atoms with E-state index >= 15 is 0 Å². The molecule has 0 aromatic heterocycles. The quantitative estimate of drug-likeness (QED) is 0.908. The van der Waals surface area contributed by atoms with Crippen LogP contribution in [-0.2, 0) is 4.79 Å². The van der Waals surface area contributed by atoms with Crippen LogP contribution in [-0.4, -0.2) is 18.5 Å². The summed E-state index contributed by atoms with van der Waals surface area (Å²) in [5, 5.41) is 0. The van der Waals surface area contributed by atoms with Gasteiger partial charge in [-0.2, -0.15) is 0 Å². The largest absolute Gasteiger partial charge is 0.327 e. The Bertz CT molecular complexity index is 472. The van der Waals surface area contributed by atoms with Crippen LogP contribution in [0.1, 0.15) is 38.7 Å². The molecule has 104 valence electrons. The minimum absolute atomic E-state index is 0.0149. The second-order valence-corrected chi connectivity index (χ2v) is 5.80. The number of rotatable bonds is 3. The summed E-state index contributed by atoms with van der Waals surface area (Å²) in [7, 11) is 0. The fourth-order valence-corrected chi connectivity index (χ4v) is 3.01. The topological polar surface area (TPSA) is 46.3 Å². The van der Waals surface area contributed by atoms with Crippen LogP contribution < -0.4 is 10.6 Å². The maximum Gasteiger partial charge on any atom is 0.234 e. The first-order valence-electron chi connectivity index (χ1n) is 7.13. The van der Waals surface area contributed by atoms with Crippen molar-refractivity contribution in [1.82, 2.24) is 0 Å². The summed E-state index contributed by atoms with van der Waals surface area (Å²) in [6.45, 7) is 6.77. The smallest absolute Gasteiger partial charge is 0.234 e. The molecular weight excluding hydrogens is 236 g/mol. The summed E-state index contributed by atoms with van der Waals surface area (Å²) in [4.78, 5) is 14.7. The lowest BCUT2D eigenvalue weighted by atomic mass is 9.83. The predicted octanol–water partition coefficient (Wildman–Crippen LogP) is 2.87. The van der Waals surface area contributed by atoms with Gasteiger partial charge in [-0.15, -0.1) is 0 Å². The highest BCUT2D eigenvalue weighted by Crippen LogP contribution is 2.39. The van der Waals surface area contributed by atoms with Crippen molar-refractivity contribution >= 4 is 11.6 Å². The number of carbonyl (C=O) groups is 1. The van der Waals surface area contributed by atoms with Gasteiger partial charge in [-0.3, -0.25) is 4.79 Å². The van der Waals surface area contributed by atoms with Crippen molar-refractivity contribution in [2.75, 3.05) is 11.4 Å². The standard InChI is InChI=1S/C16H24N2O/c1-4-18(13-8-5-7-12(2)11-13)15(19)16(3)10-6-9-14(16)17/h5,7-8,11,14H,4,6,9-10,17H2,1-3H3. The molecule has 0 heterocycles. The van der Waals surface area contributed by atoms with Crippen LogP contribution in [0.15, 0.2) is 24.3 Å². The fraction of sp³-hybridized carbons (Fsp3) is 0.562. The van der Waals surface area contributed by atoms with E-state index in [1.54, 1.807) is 0 Å². The third kappa shape index (κ3) is 2.52. The molecule has 1 saturated carbocycles. The SMILES string of the molecule is CCN(C(=O)C1(C)CCCC1N)c1cccc(C)c1. The summed E-state index contributed by atoms with van der Waals surface area (Å²) in [5.74, 6) is 0.172. The Labute approximate surface area is 115 Å². The molecule has 1 aliphatic rings. The lowest BCUT2D eigenvalue weighted by molar-refractivity contribution is -0.127. The lowest BCUT2D eigenvalue weighted by Gasteiger charge is -2.34. The van der Waals surface area contributed by atoms with Crippen LogP contribution in [0.2, 0.25) is 0 Å². The van der Waals surface area contributed by atoms with E-state index in [0.29, 0.717) is 6.54 Å². The van der Waals surface area contributed by atoms with E-state index in [-0.39, 0.29) is 11.9 Å². The second-order valence-electron chi connectivity index (χ2n) is 5.80. The molecule has 0 spiro atoms. The first-order chi connectivity index (χ1) is 8.99. The Morgan fingerprint density at radius 2 is 2.26 bits per heavy atom. The van der Waals surface area contributed by atoms with E-state index in [1.165, 1.54) is 5.56 Å². The summed E-state index contributed by atoms with van der Waals surface area (Å²) in [6, 6.07) is 8.09. The van der Waals surface area contributed by atoms with Gasteiger partial charge in [-0.05, 0) is 51.3 Å². The summed E-state index contributed by atoms with van der Waals surface area (Å²) < 4.78 is 0. The molecule has 2 unspecified atom stereocenters. The Morgan fingerprint density at radius 1 is 1.53 bits per heavy atom. The average molecular weight is 260 g/mol. The third-order valence-corrected chi connectivity index (χ3v) is 4.39. The zero-order valence-corrected chi connectivity index (χ0v) is 12.1. The van der Waals surface area contributed by atoms with Gasteiger partial charge in [0, 0.05) is 18.3 Å². The van der Waals surface area contributed by atoms with Gasteiger partial charge in [0.2, 0.25) is 5.91 Å². The number of aryl methyl sites for hydroxylation is 1. The van der Waals surface area contributed by atoms with Crippen LogP contribution in [0.5, 0.6) is 0 Å². The van der Waals surface area contributed by atoms with E-state index in [4.69, 9.17) is 5.73 Å². The molecule has 1 fully saturated rings. The number of nitrogens with zero attached hydrogens (tertiary/aromatic N) is 1. The lowest BCUT2D eigenvalue weighted by Crippen LogP contribution is -2.49. The molecule has 2 rings (SSSR count). The monoisotopic (exact) mass is 260 g/mol. The molecule has 0 aliphatic heterocycles. The van der Waals surface area contributed by atoms with Crippen molar-refractivity contribution in [3.05, 3.63) is 29.8 Å². The predicted molar refractivity (Wildman–Crippen MR) is 79.1 cm³/mol. The minimum atomic E-state index is -0.403. The molecule has 2 atom stereocenters. The molecular formula is C16H24N2O. The van der Waals surface area contributed by atoms with Crippen LogP contribution in [0.4, 0.5) is 5.69 Å². The molecule has 3 nitrogen and oxygen atoms in total. The number of hydrogen-bond donors (Lipinski definition) is 1. The molecule has 0 saturated heterocycles. The van der Waals surface area contributed by atoms with Crippen molar-refractivity contribution < 1.29 is 4.79 Å². The van der Waals surface area contributed by atoms with Gasteiger partial charge in [0.05, 0.1) is 5.41 Å². The molecule has 19 heavy (non-hydrogen) atoms. The fourth-order valence-electron chi connectivity index (χ4n) is 3.01. The molecule has 1 aromatic rings. The van der Waals surface area contributed by atoms with Crippen LogP contribution >= 0.6 is 0 Å². The maximum atomic E-state index is 12.9. The highest BCUT2D eigenvalue weighted by atomic mass is 16.2. The molecule has 2 N–H and O–H groups in total. The van der Waals surface area contributed by atoms with E-state index < -0.39 is 5.41 Å². The molecule has 1 aromatic carbocycles. The Kier molecular flexibility index (Phi) is 3.95. The zero-order chi connectivity index (χ0) is 14.0. The van der Waals surface area contributed by atoms with E-state index in [0.717, 1.165) is 24.9 Å². The number of hydrogen-bond acceptors (Lipinski definition) is 2. The Morgan fingerprint density at radius 3 is 2.79 bits per heavy atom. The third-order valence-electron chi connectivity index (χ3n) is 4.39. The minimum Gasteiger partial charge on any atom is -0.327 e. The van der Waals surface area contributed by atoms with Crippen molar-refractivity contribution in [2.45, 2.75) is 46.1 Å². The van der Waals surface area contributed by atoms with E-state index in [9.17, 15) is 4.79 Å². The first kappa shape index (κ1) is 14.1. The number of benzene rings is 1. The van der Waals surface area contributed by atoms with Gasteiger partial charge in [0.15, 0.2) is 0 Å². The number of amides is 1. The van der Waals surface area contributed by atoms with Gasteiger partial charge in [0.1, 0.15) is 0 Å². The molecule has 1 amide bonds. The van der Waals surface area contributed by atoms with Crippen molar-refractivity contribution in [2.24, 2.45) is 11.1 Å². The number of nitrogens with two attached hydrogens (primary N) is 1. The molecule has 3 heteroatoms. The highest BCUT2D eigenvalue weighted by Gasteiger charge is 2.45. The number of carbonyl (C=O) groups excluding carboxylic acids is 1. The Hall–Kier alpha value is -1.35. The van der Waals surface area contributed by atoms with Gasteiger partial charge in [0.25, 0.3) is 0 Å². The van der Waals surface area contributed by atoms with Crippen LogP contribution in [0, 0.1) is 12.3 Å². The van der Waals surface area contributed by atoms with E-state index in [1.807, 2.05) is 43.9 Å². The summed E-state index contributed by atoms with van der Waals surface area (Å²) >= 11 is 0. The summed E-state index contributed by atoms with van der Waals surface area (Å²) in [6.07, 6.45) is 2.90. The van der Waals surface area contributed by atoms with Gasteiger partial charge in [-0.25, -0.2) is 0 Å². The van der Waals surface area contributed by atoms with Gasteiger partial charge in [-0.1, -0.05) is 18.6 Å². The van der Waals surface area contributed by atoms with Crippen LogP contribution in [0.25, 0.3) is 0 Å². The summed E-state index contributed by atoms with van der Waals surface area (Å²) in [5.41, 5.74) is 7.91. The highest BCUT2D eigenvalue weighted by molar-refractivity contribution is 5.98. The first-order valence-corrected chi connectivity index (χ1v) is 7.13. The van der Waals surface area contributed by atoms with Crippen molar-refractivity contribution in [1.29, 1.82) is 0 Å². The molecule has 0 bridgehead atoms. The second kappa shape index (κ2) is 5.33. The molecule has 0 radical (unpaired) electrons. The maximum absolute atomic E-state index is 12.9. The van der Waals surface area contributed by atoms with Gasteiger partial charge < -0.3 is 10.6 Å². The average Bonchev–Trinajstić information content (AvgIpc) is 2.72. The normalized spacial score (nSPS) is 26.4. The Balaban J connectivity index is 2.30.